The molecule has 158 valence electrons. The van der Waals surface area contributed by atoms with Crippen LogP contribution >= 0.6 is 15.9 Å². The van der Waals surface area contributed by atoms with Crippen molar-refractivity contribution in [1.29, 1.82) is 0 Å². The van der Waals surface area contributed by atoms with Crippen LogP contribution in [-0.2, 0) is 10.3 Å². The van der Waals surface area contributed by atoms with E-state index < -0.39 is 11.8 Å². The molecule has 32 heavy (non-hydrogen) atoms. The average molecular weight is 486 g/mol. The Kier molecular flexibility index (Phi) is 4.67. The third-order valence-electron chi connectivity index (χ3n) is 6.02. The lowest BCUT2D eigenvalue weighted by Gasteiger charge is -2.44. The van der Waals surface area contributed by atoms with Crippen LogP contribution in [0.2, 0.25) is 0 Å². The Labute approximate surface area is 194 Å². The SMILES string of the molecule is Brc1cc2c(cc1[C@@H]1Nc3ccccc3C(c3ccccc3)(c3ccccc3)O1)OCO2. The molecule has 0 unspecified atom stereocenters. The molecule has 2 heterocycles. The van der Waals surface area contributed by atoms with Crippen molar-refractivity contribution < 1.29 is 14.2 Å². The molecule has 0 saturated heterocycles. The summed E-state index contributed by atoms with van der Waals surface area (Å²) in [6, 6.07) is 33.0. The maximum atomic E-state index is 7.06. The zero-order chi connectivity index (χ0) is 21.5. The van der Waals surface area contributed by atoms with Gasteiger partial charge in [0.1, 0.15) is 5.60 Å². The fraction of sp³-hybridized carbons (Fsp3) is 0.111. The van der Waals surface area contributed by atoms with Gasteiger partial charge in [0.25, 0.3) is 0 Å². The van der Waals surface area contributed by atoms with Gasteiger partial charge in [-0.3, -0.25) is 0 Å². The lowest BCUT2D eigenvalue weighted by molar-refractivity contribution is -0.0436. The molecule has 0 aliphatic carbocycles. The van der Waals surface area contributed by atoms with E-state index in [1.165, 1.54) is 0 Å². The Balaban J connectivity index is 1.59. The van der Waals surface area contributed by atoms with Crippen LogP contribution in [0.5, 0.6) is 11.5 Å². The molecule has 6 rings (SSSR count). The van der Waals surface area contributed by atoms with Gasteiger partial charge in [0.05, 0.1) is 0 Å². The third-order valence-corrected chi connectivity index (χ3v) is 6.71. The Morgan fingerprint density at radius 1 is 0.750 bits per heavy atom. The first kappa shape index (κ1) is 19.4. The van der Waals surface area contributed by atoms with Crippen LogP contribution < -0.4 is 14.8 Å². The lowest BCUT2D eigenvalue weighted by atomic mass is 9.78. The van der Waals surface area contributed by atoms with Gasteiger partial charge in [-0.05, 0) is 29.3 Å². The Morgan fingerprint density at radius 2 is 1.34 bits per heavy atom. The molecule has 0 fully saturated rings. The Hall–Kier alpha value is -3.28. The summed E-state index contributed by atoms with van der Waals surface area (Å²) in [4.78, 5) is 0. The molecule has 5 heteroatoms. The standard InChI is InChI=1S/C27H20BrNO3/c28-22-16-25-24(30-17-31-25)15-20(22)26-29-23-14-8-7-13-21(23)27(32-26,18-9-3-1-4-10-18)19-11-5-2-6-12-19/h1-16,26,29H,17H2/t26-/m1/s1. The molecule has 0 spiro atoms. The van der Waals surface area contributed by atoms with E-state index in [2.05, 4.69) is 88.0 Å². The van der Waals surface area contributed by atoms with Crippen LogP contribution in [-0.4, -0.2) is 6.79 Å². The number of anilines is 1. The van der Waals surface area contributed by atoms with Crippen molar-refractivity contribution in [3.05, 3.63) is 124 Å². The van der Waals surface area contributed by atoms with Crippen LogP contribution in [0.3, 0.4) is 0 Å². The zero-order valence-corrected chi connectivity index (χ0v) is 18.7. The first-order valence-electron chi connectivity index (χ1n) is 10.5. The maximum Gasteiger partial charge on any atom is 0.231 e. The molecule has 0 aromatic heterocycles. The minimum atomic E-state index is -0.787. The van der Waals surface area contributed by atoms with Gasteiger partial charge in [-0.2, -0.15) is 0 Å². The number of nitrogens with one attached hydrogen (secondary N) is 1. The third kappa shape index (κ3) is 3.00. The van der Waals surface area contributed by atoms with Gasteiger partial charge in [0, 0.05) is 21.3 Å². The van der Waals surface area contributed by atoms with Gasteiger partial charge in [0.2, 0.25) is 6.79 Å². The molecule has 1 N–H and O–H groups in total. The van der Waals surface area contributed by atoms with Crippen molar-refractivity contribution in [2.24, 2.45) is 0 Å². The second kappa shape index (κ2) is 7.69. The topological polar surface area (TPSA) is 39.7 Å². The van der Waals surface area contributed by atoms with Crippen LogP contribution in [0.4, 0.5) is 5.69 Å². The van der Waals surface area contributed by atoms with E-state index in [4.69, 9.17) is 14.2 Å². The summed E-state index contributed by atoms with van der Waals surface area (Å²) in [7, 11) is 0. The number of benzene rings is 4. The van der Waals surface area contributed by atoms with Crippen LogP contribution in [0.25, 0.3) is 0 Å². The van der Waals surface area contributed by atoms with Gasteiger partial charge < -0.3 is 19.5 Å². The minimum Gasteiger partial charge on any atom is -0.454 e. The maximum absolute atomic E-state index is 7.06. The molecule has 2 aliphatic heterocycles. The number of hydrogen-bond donors (Lipinski definition) is 1. The number of ether oxygens (including phenoxy) is 3. The highest BCUT2D eigenvalue weighted by atomic mass is 79.9. The normalized spacial score (nSPS) is 18.0. The number of rotatable bonds is 3. The summed E-state index contributed by atoms with van der Waals surface area (Å²) < 4.78 is 19.2. The highest BCUT2D eigenvalue weighted by Crippen LogP contribution is 2.51. The highest BCUT2D eigenvalue weighted by Gasteiger charge is 2.45. The Bertz CT molecular complexity index is 1240. The van der Waals surface area contributed by atoms with Crippen molar-refractivity contribution >= 4 is 21.6 Å². The summed E-state index contributed by atoms with van der Waals surface area (Å²) >= 11 is 3.72. The van der Waals surface area contributed by atoms with E-state index in [1.54, 1.807) is 0 Å². The summed E-state index contributed by atoms with van der Waals surface area (Å²) in [6.45, 7) is 0.227. The number of fused-ring (bicyclic) bond motifs is 2. The molecule has 0 bridgehead atoms. The number of hydrogen-bond acceptors (Lipinski definition) is 4. The zero-order valence-electron chi connectivity index (χ0n) is 17.1. The van der Waals surface area contributed by atoms with Gasteiger partial charge in [-0.15, -0.1) is 0 Å². The van der Waals surface area contributed by atoms with Crippen LogP contribution in [0.1, 0.15) is 28.5 Å². The van der Waals surface area contributed by atoms with Crippen LogP contribution in [0, 0.1) is 0 Å². The minimum absolute atomic E-state index is 0.227. The molecule has 4 nitrogen and oxygen atoms in total. The molecular weight excluding hydrogens is 466 g/mol. The summed E-state index contributed by atoms with van der Waals surface area (Å²) in [5.41, 5.74) is 4.40. The van der Waals surface area contributed by atoms with E-state index in [9.17, 15) is 0 Å². The van der Waals surface area contributed by atoms with Crippen molar-refractivity contribution in [2.75, 3.05) is 12.1 Å². The predicted octanol–water partition coefficient (Wildman–Crippen LogP) is 6.61. The molecule has 4 aromatic rings. The van der Waals surface area contributed by atoms with Crippen molar-refractivity contribution in [1.82, 2.24) is 0 Å². The number of halogens is 1. The monoisotopic (exact) mass is 485 g/mol. The molecule has 0 radical (unpaired) electrons. The van der Waals surface area contributed by atoms with Crippen molar-refractivity contribution in [2.45, 2.75) is 11.8 Å². The van der Waals surface area contributed by atoms with Crippen LogP contribution in [0.15, 0.2) is 102 Å². The first-order chi connectivity index (χ1) is 15.8. The molecule has 2 aliphatic rings. The Morgan fingerprint density at radius 3 is 2.03 bits per heavy atom. The summed E-state index contributed by atoms with van der Waals surface area (Å²) in [5, 5.41) is 3.59. The fourth-order valence-corrected chi connectivity index (χ4v) is 5.09. The van der Waals surface area contributed by atoms with Gasteiger partial charge in [-0.1, -0.05) is 94.8 Å². The summed E-state index contributed by atoms with van der Waals surface area (Å²) in [6.07, 6.45) is -0.422. The van der Waals surface area contributed by atoms with Crippen molar-refractivity contribution in [3.8, 4) is 11.5 Å². The number of para-hydroxylation sites is 1. The van der Waals surface area contributed by atoms with Gasteiger partial charge in [-0.25, -0.2) is 0 Å². The fourth-order valence-electron chi connectivity index (χ4n) is 4.56. The van der Waals surface area contributed by atoms with Crippen molar-refractivity contribution in [3.63, 3.8) is 0 Å². The predicted molar refractivity (Wildman–Crippen MR) is 127 cm³/mol. The summed E-state index contributed by atoms with van der Waals surface area (Å²) in [5.74, 6) is 1.45. The quantitative estimate of drug-likeness (QED) is 0.354. The molecule has 0 amide bonds. The lowest BCUT2D eigenvalue weighted by Crippen LogP contribution is -2.40. The van der Waals surface area contributed by atoms with E-state index >= 15 is 0 Å². The van der Waals surface area contributed by atoms with E-state index in [0.29, 0.717) is 0 Å². The smallest absolute Gasteiger partial charge is 0.231 e. The van der Waals surface area contributed by atoms with E-state index in [-0.39, 0.29) is 6.79 Å². The van der Waals surface area contributed by atoms with Gasteiger partial charge >= 0.3 is 0 Å². The second-order valence-electron chi connectivity index (χ2n) is 7.83. The second-order valence-corrected chi connectivity index (χ2v) is 8.68. The highest BCUT2D eigenvalue weighted by molar-refractivity contribution is 9.10. The molecule has 1 atom stereocenters. The van der Waals surface area contributed by atoms with E-state index in [0.717, 1.165) is 43.9 Å². The average Bonchev–Trinajstić information content (AvgIpc) is 3.31. The first-order valence-corrected chi connectivity index (χ1v) is 11.3. The van der Waals surface area contributed by atoms with E-state index in [1.807, 2.05) is 30.3 Å². The molecule has 4 aromatic carbocycles. The largest absolute Gasteiger partial charge is 0.454 e. The van der Waals surface area contributed by atoms with Gasteiger partial charge in [0.15, 0.2) is 17.7 Å². The molecular formula is C27H20BrNO3. The molecule has 0 saturated carbocycles.